The van der Waals surface area contributed by atoms with Crippen LogP contribution in [0.2, 0.25) is 0 Å². The van der Waals surface area contributed by atoms with Crippen LogP contribution in [-0.4, -0.2) is 0 Å². The number of benzene rings is 11. The molecule has 12 aromatic carbocycles. The van der Waals surface area contributed by atoms with Gasteiger partial charge < -0.3 is 0 Å². The lowest BCUT2D eigenvalue weighted by Crippen LogP contribution is -1.90. The number of hydrogen-bond donors (Lipinski definition) is 0. The minimum absolute atomic E-state index is 1.23. The SMILES string of the molecule is c1ccc2c(-c3ccc(-c4cc5cccc6c7cccc8ccc9cccc(c%10cccc4c%10c56)c9c87)cc3)c3ccc4ccccc4c3cc2c1. The molecule has 0 amide bonds. The standard InChI is InChI=1S/C52H30/c1-3-14-38-31(9-1)27-28-45-47(38)29-36-10-2-4-15-39(36)48(45)35-23-21-32(22-24-35)46-30-37-13-7-18-41-40-16-5-11-33-25-26-34-12-6-17-42(50(34)49(33)40)43-19-8-20-44(46)52(43)51(37)41/h1-30H. The highest BCUT2D eigenvalue weighted by Gasteiger charge is 2.18. The Morgan fingerprint density at radius 3 is 1.40 bits per heavy atom. The third-order valence-corrected chi connectivity index (χ3v) is 11.7. The summed E-state index contributed by atoms with van der Waals surface area (Å²) in [5.41, 5.74) is 5.02. The second-order valence-corrected chi connectivity index (χ2v) is 14.4. The molecule has 0 heteroatoms. The molecule has 0 aliphatic heterocycles. The van der Waals surface area contributed by atoms with E-state index >= 15 is 0 Å². The summed E-state index contributed by atoms with van der Waals surface area (Å²) in [4.78, 5) is 0. The van der Waals surface area contributed by atoms with E-state index in [1.165, 1.54) is 119 Å². The van der Waals surface area contributed by atoms with E-state index in [1.54, 1.807) is 0 Å². The van der Waals surface area contributed by atoms with Crippen LogP contribution in [0.15, 0.2) is 182 Å². The quantitative estimate of drug-likeness (QED) is 0.129. The third kappa shape index (κ3) is 3.76. The summed E-state index contributed by atoms with van der Waals surface area (Å²) in [5.74, 6) is 0. The summed E-state index contributed by atoms with van der Waals surface area (Å²) in [6, 6.07) is 68.2. The zero-order valence-corrected chi connectivity index (χ0v) is 28.3. The van der Waals surface area contributed by atoms with E-state index in [0.717, 1.165) is 0 Å². The number of rotatable bonds is 2. The molecule has 0 heterocycles. The fourth-order valence-corrected chi connectivity index (χ4v) is 9.49. The van der Waals surface area contributed by atoms with Gasteiger partial charge in [-0.2, -0.15) is 0 Å². The molecule has 0 saturated carbocycles. The topological polar surface area (TPSA) is 0 Å². The van der Waals surface area contributed by atoms with E-state index in [9.17, 15) is 0 Å². The zero-order chi connectivity index (χ0) is 33.9. The van der Waals surface area contributed by atoms with Crippen LogP contribution in [0.4, 0.5) is 0 Å². The highest BCUT2D eigenvalue weighted by Crippen LogP contribution is 2.46. The lowest BCUT2D eigenvalue weighted by Gasteiger charge is -2.18. The van der Waals surface area contributed by atoms with Crippen molar-refractivity contribution in [3.05, 3.63) is 182 Å². The number of hydrogen-bond acceptors (Lipinski definition) is 0. The van der Waals surface area contributed by atoms with Gasteiger partial charge >= 0.3 is 0 Å². The van der Waals surface area contributed by atoms with Gasteiger partial charge in [-0.25, -0.2) is 0 Å². The summed E-state index contributed by atoms with van der Waals surface area (Å²) in [7, 11) is 0. The highest BCUT2D eigenvalue weighted by atomic mass is 14.2. The molecule has 0 aliphatic rings. The van der Waals surface area contributed by atoms with Crippen LogP contribution in [0.5, 0.6) is 0 Å². The van der Waals surface area contributed by atoms with Gasteiger partial charge in [-0.15, -0.1) is 0 Å². The smallest absolute Gasteiger partial charge is 0.00141 e. The van der Waals surface area contributed by atoms with Gasteiger partial charge in [-0.1, -0.05) is 170 Å². The molecule has 0 N–H and O–H groups in total. The first-order valence-electron chi connectivity index (χ1n) is 18.2. The maximum absolute atomic E-state index is 2.42. The normalized spacial score (nSPS) is 12.2. The van der Waals surface area contributed by atoms with Gasteiger partial charge in [0.05, 0.1) is 0 Å². The van der Waals surface area contributed by atoms with E-state index in [2.05, 4.69) is 182 Å². The van der Waals surface area contributed by atoms with Crippen molar-refractivity contribution in [3.8, 4) is 22.3 Å². The van der Waals surface area contributed by atoms with Crippen LogP contribution in [-0.2, 0) is 0 Å². The average molecular weight is 655 g/mol. The molecule has 238 valence electrons. The van der Waals surface area contributed by atoms with Gasteiger partial charge in [0.2, 0.25) is 0 Å². The van der Waals surface area contributed by atoms with Crippen molar-refractivity contribution in [2.75, 3.05) is 0 Å². The molecule has 0 saturated heterocycles. The second kappa shape index (κ2) is 10.4. The summed E-state index contributed by atoms with van der Waals surface area (Å²) >= 11 is 0. The first-order chi connectivity index (χ1) is 25.8. The minimum Gasteiger partial charge on any atom is -0.0616 e. The zero-order valence-electron chi connectivity index (χ0n) is 28.3. The van der Waals surface area contributed by atoms with Gasteiger partial charge in [0.25, 0.3) is 0 Å². The van der Waals surface area contributed by atoms with Gasteiger partial charge in [0.15, 0.2) is 0 Å². The van der Waals surface area contributed by atoms with Crippen molar-refractivity contribution in [2.24, 2.45) is 0 Å². The van der Waals surface area contributed by atoms with Crippen molar-refractivity contribution < 1.29 is 0 Å². The Hall–Kier alpha value is -6.76. The molecule has 0 unspecified atom stereocenters. The van der Waals surface area contributed by atoms with Crippen molar-refractivity contribution in [2.45, 2.75) is 0 Å². The molecule has 0 aromatic heterocycles. The lowest BCUT2D eigenvalue weighted by atomic mass is 9.85. The van der Waals surface area contributed by atoms with Crippen LogP contribution < -0.4 is 0 Å². The minimum atomic E-state index is 1.23. The first kappa shape index (κ1) is 28.0. The summed E-state index contributed by atoms with van der Waals surface area (Å²) in [5, 5.41) is 23.4. The molecule has 12 rings (SSSR count). The molecule has 52 heavy (non-hydrogen) atoms. The van der Waals surface area contributed by atoms with E-state index < -0.39 is 0 Å². The summed E-state index contributed by atoms with van der Waals surface area (Å²) < 4.78 is 0. The Balaban J connectivity index is 1.16. The molecule has 0 aliphatic carbocycles. The molecule has 0 radical (unpaired) electrons. The van der Waals surface area contributed by atoms with Crippen molar-refractivity contribution in [1.29, 1.82) is 0 Å². The lowest BCUT2D eigenvalue weighted by molar-refractivity contribution is 1.65. The monoisotopic (exact) mass is 654 g/mol. The van der Waals surface area contributed by atoms with Crippen LogP contribution in [0.25, 0.3) is 119 Å². The van der Waals surface area contributed by atoms with Gasteiger partial charge in [-0.05, 0) is 131 Å². The van der Waals surface area contributed by atoms with E-state index in [4.69, 9.17) is 0 Å². The van der Waals surface area contributed by atoms with Crippen molar-refractivity contribution >= 4 is 97.0 Å². The van der Waals surface area contributed by atoms with Crippen LogP contribution >= 0.6 is 0 Å². The highest BCUT2D eigenvalue weighted by molar-refractivity contribution is 6.38. The van der Waals surface area contributed by atoms with E-state index in [1.807, 2.05) is 0 Å². The molecule has 0 fully saturated rings. The van der Waals surface area contributed by atoms with Crippen molar-refractivity contribution in [1.82, 2.24) is 0 Å². The Labute approximate surface area is 300 Å². The summed E-state index contributed by atoms with van der Waals surface area (Å²) in [6.45, 7) is 0. The molecule has 0 atom stereocenters. The Morgan fingerprint density at radius 1 is 0.212 bits per heavy atom. The van der Waals surface area contributed by atoms with E-state index in [0.29, 0.717) is 0 Å². The summed E-state index contributed by atoms with van der Waals surface area (Å²) in [6.07, 6.45) is 0. The van der Waals surface area contributed by atoms with Gasteiger partial charge in [-0.3, -0.25) is 0 Å². The first-order valence-corrected chi connectivity index (χ1v) is 18.2. The second-order valence-electron chi connectivity index (χ2n) is 14.4. The third-order valence-electron chi connectivity index (χ3n) is 11.7. The number of fused-ring (bicyclic) bond motifs is 6. The molecular weight excluding hydrogens is 625 g/mol. The van der Waals surface area contributed by atoms with Crippen LogP contribution in [0, 0.1) is 0 Å². The molecule has 12 aromatic rings. The molecule has 0 spiro atoms. The largest absolute Gasteiger partial charge is 0.0616 e. The molecular formula is C52H30. The fraction of sp³-hybridized carbons (Fsp3) is 0. The van der Waals surface area contributed by atoms with E-state index in [-0.39, 0.29) is 0 Å². The maximum atomic E-state index is 2.42. The molecule has 0 nitrogen and oxygen atoms in total. The van der Waals surface area contributed by atoms with Crippen LogP contribution in [0.1, 0.15) is 0 Å². The fourth-order valence-electron chi connectivity index (χ4n) is 9.49. The maximum Gasteiger partial charge on any atom is -0.00141 e. The average Bonchev–Trinajstić information content (AvgIpc) is 3.21. The van der Waals surface area contributed by atoms with Gasteiger partial charge in [0, 0.05) is 0 Å². The Kier molecular flexibility index (Phi) is 5.59. The van der Waals surface area contributed by atoms with Crippen LogP contribution in [0.3, 0.4) is 0 Å². The Morgan fingerprint density at radius 2 is 0.692 bits per heavy atom. The predicted octanol–water partition coefficient (Wildman–Crippen LogP) is 14.8. The predicted molar refractivity (Wildman–Crippen MR) is 226 cm³/mol. The van der Waals surface area contributed by atoms with Crippen molar-refractivity contribution in [3.63, 3.8) is 0 Å². The Bertz CT molecular complexity index is 3440. The van der Waals surface area contributed by atoms with Gasteiger partial charge in [0.1, 0.15) is 0 Å². The molecule has 0 bridgehead atoms.